The van der Waals surface area contributed by atoms with Gasteiger partial charge >= 0.3 is 6.01 Å². The van der Waals surface area contributed by atoms with Gasteiger partial charge in [0.1, 0.15) is 5.82 Å². The molecule has 0 N–H and O–H groups in total. The third-order valence-electron chi connectivity index (χ3n) is 5.63. The third-order valence-corrected chi connectivity index (χ3v) is 5.93. The lowest BCUT2D eigenvalue weighted by Gasteiger charge is -2.27. The molecule has 0 radical (unpaired) electrons. The van der Waals surface area contributed by atoms with Crippen LogP contribution >= 0.6 is 11.6 Å². The smallest absolute Gasteiger partial charge is 0.316 e. The molecule has 158 valence electrons. The van der Waals surface area contributed by atoms with Gasteiger partial charge in [-0.15, -0.1) is 0 Å². The van der Waals surface area contributed by atoms with Gasteiger partial charge < -0.3 is 4.74 Å². The molecule has 0 saturated heterocycles. The van der Waals surface area contributed by atoms with Crippen LogP contribution in [0.15, 0.2) is 30.7 Å². The minimum absolute atomic E-state index is 0.177. The molecule has 0 atom stereocenters. The Kier molecular flexibility index (Phi) is 5.06. The summed E-state index contributed by atoms with van der Waals surface area (Å²) >= 11 is 6.43. The monoisotopic (exact) mass is 435 g/mol. The number of rotatable bonds is 5. The molecule has 3 aromatic heterocycles. The predicted molar refractivity (Wildman–Crippen MR) is 118 cm³/mol. The molecule has 2 aliphatic rings. The van der Waals surface area contributed by atoms with Crippen molar-refractivity contribution in [2.24, 2.45) is 5.92 Å². The maximum Gasteiger partial charge on any atom is 0.316 e. The molecule has 0 aromatic carbocycles. The van der Waals surface area contributed by atoms with E-state index in [0.717, 1.165) is 22.4 Å². The lowest BCUT2D eigenvalue weighted by molar-refractivity contribution is 0.0978. The summed E-state index contributed by atoms with van der Waals surface area (Å²) in [6.07, 6.45) is 7.94. The Morgan fingerprint density at radius 1 is 1.10 bits per heavy atom. The summed E-state index contributed by atoms with van der Waals surface area (Å²) in [5.74, 6) is 0.976. The van der Waals surface area contributed by atoms with Gasteiger partial charge in [0.15, 0.2) is 0 Å². The number of aryl methyl sites for hydroxylation is 2. The van der Waals surface area contributed by atoms with Crippen molar-refractivity contribution < 1.29 is 9.53 Å². The average Bonchev–Trinajstić information content (AvgIpc) is 3.58. The first-order chi connectivity index (χ1) is 15.0. The molecule has 0 bridgehead atoms. The summed E-state index contributed by atoms with van der Waals surface area (Å²) in [7, 11) is 0. The second kappa shape index (κ2) is 7.89. The summed E-state index contributed by atoms with van der Waals surface area (Å²) in [5.41, 5.74) is 4.82. The van der Waals surface area contributed by atoms with Crippen LogP contribution in [0, 0.1) is 19.8 Å². The Balaban J connectivity index is 1.43. The van der Waals surface area contributed by atoms with E-state index in [2.05, 4.69) is 26.0 Å². The largest absolute Gasteiger partial charge is 0.463 e. The number of hydrogen-bond acceptors (Lipinski definition) is 6. The number of pyridine rings is 2. The number of aromatic nitrogens is 4. The molecule has 5 rings (SSSR count). The highest BCUT2D eigenvalue weighted by Gasteiger charge is 2.29. The first-order valence-electron chi connectivity index (χ1n) is 10.4. The summed E-state index contributed by atoms with van der Waals surface area (Å²) < 4.78 is 5.66. The van der Waals surface area contributed by atoms with Gasteiger partial charge in [-0.1, -0.05) is 17.7 Å². The Morgan fingerprint density at radius 3 is 2.71 bits per heavy atom. The Hall–Kier alpha value is -3.06. The Bertz CT molecular complexity index is 1180. The zero-order chi connectivity index (χ0) is 21.5. The number of hydrogen-bond donors (Lipinski definition) is 0. The first kappa shape index (κ1) is 19.9. The number of fused-ring (bicyclic) bond motifs is 1. The first-order valence-corrected chi connectivity index (χ1v) is 10.8. The van der Waals surface area contributed by atoms with Crippen molar-refractivity contribution in [3.05, 3.63) is 58.1 Å². The molecule has 1 saturated carbocycles. The highest BCUT2D eigenvalue weighted by molar-refractivity contribution is 6.33. The Labute approximate surface area is 185 Å². The molecule has 8 heteroatoms. The van der Waals surface area contributed by atoms with Crippen LogP contribution < -0.4 is 9.64 Å². The molecule has 4 heterocycles. The number of anilines is 1. The van der Waals surface area contributed by atoms with E-state index >= 15 is 0 Å². The van der Waals surface area contributed by atoms with Gasteiger partial charge in [0.25, 0.3) is 5.91 Å². The molecule has 31 heavy (non-hydrogen) atoms. The van der Waals surface area contributed by atoms with Crippen molar-refractivity contribution in [3.8, 4) is 17.3 Å². The van der Waals surface area contributed by atoms with Crippen LogP contribution in [-0.4, -0.2) is 39.0 Å². The van der Waals surface area contributed by atoms with Gasteiger partial charge in [0.2, 0.25) is 0 Å². The number of halogens is 1. The second-order valence-electron chi connectivity index (χ2n) is 8.17. The molecule has 0 unspecified atom stereocenters. The van der Waals surface area contributed by atoms with Gasteiger partial charge in [0, 0.05) is 37.1 Å². The SMILES string of the molecule is Cc1cnc(-c2cc(N3CCc4nc(OCC5CC5)ncc4C3=O)ncc2Cl)c(C)c1. The highest BCUT2D eigenvalue weighted by atomic mass is 35.5. The summed E-state index contributed by atoms with van der Waals surface area (Å²) in [4.78, 5) is 32.5. The van der Waals surface area contributed by atoms with Crippen molar-refractivity contribution in [1.82, 2.24) is 19.9 Å². The van der Waals surface area contributed by atoms with Crippen molar-refractivity contribution in [3.63, 3.8) is 0 Å². The molecular weight excluding hydrogens is 414 g/mol. The second-order valence-corrected chi connectivity index (χ2v) is 8.58. The maximum absolute atomic E-state index is 13.2. The molecule has 7 nitrogen and oxygen atoms in total. The van der Waals surface area contributed by atoms with E-state index in [1.807, 2.05) is 19.9 Å². The van der Waals surface area contributed by atoms with E-state index < -0.39 is 0 Å². The normalized spacial score (nSPS) is 15.7. The predicted octanol–water partition coefficient (Wildman–Crippen LogP) is 4.20. The summed E-state index contributed by atoms with van der Waals surface area (Å²) in [6, 6.07) is 4.23. The molecule has 3 aromatic rings. The third kappa shape index (κ3) is 3.97. The minimum Gasteiger partial charge on any atom is -0.463 e. The van der Waals surface area contributed by atoms with E-state index in [9.17, 15) is 4.79 Å². The van der Waals surface area contributed by atoms with Crippen LogP contribution in [0.3, 0.4) is 0 Å². The van der Waals surface area contributed by atoms with Crippen LogP contribution in [0.25, 0.3) is 11.3 Å². The van der Waals surface area contributed by atoms with Crippen molar-refractivity contribution >= 4 is 23.3 Å². The fourth-order valence-electron chi connectivity index (χ4n) is 3.75. The molecule has 1 aliphatic heterocycles. The van der Waals surface area contributed by atoms with Gasteiger partial charge in [0.05, 0.1) is 28.6 Å². The number of nitrogens with zero attached hydrogens (tertiary/aromatic N) is 5. The van der Waals surface area contributed by atoms with E-state index in [1.54, 1.807) is 23.5 Å². The van der Waals surface area contributed by atoms with E-state index in [0.29, 0.717) is 53.6 Å². The van der Waals surface area contributed by atoms with E-state index in [4.69, 9.17) is 16.3 Å². The fraction of sp³-hybridized carbons (Fsp3) is 0.348. The van der Waals surface area contributed by atoms with Crippen LogP contribution in [0.5, 0.6) is 6.01 Å². The lowest BCUT2D eigenvalue weighted by Crippen LogP contribution is -2.38. The van der Waals surface area contributed by atoms with Crippen molar-refractivity contribution in [2.75, 3.05) is 18.1 Å². The number of carbonyl (C=O) groups is 1. The lowest BCUT2D eigenvalue weighted by atomic mass is 10.0. The minimum atomic E-state index is -0.177. The summed E-state index contributed by atoms with van der Waals surface area (Å²) in [5, 5.41) is 0.494. The van der Waals surface area contributed by atoms with Crippen molar-refractivity contribution in [2.45, 2.75) is 33.1 Å². The van der Waals surface area contributed by atoms with Gasteiger partial charge in [-0.05, 0) is 49.8 Å². The fourth-order valence-corrected chi connectivity index (χ4v) is 3.94. The summed E-state index contributed by atoms with van der Waals surface area (Å²) in [6.45, 7) is 5.11. The van der Waals surface area contributed by atoms with Gasteiger partial charge in [-0.3, -0.25) is 14.7 Å². The molecule has 1 amide bonds. The van der Waals surface area contributed by atoms with Gasteiger partial charge in [-0.25, -0.2) is 9.97 Å². The van der Waals surface area contributed by atoms with E-state index in [1.165, 1.54) is 12.8 Å². The average molecular weight is 436 g/mol. The van der Waals surface area contributed by atoms with Crippen LogP contribution in [0.4, 0.5) is 5.82 Å². The standard InChI is InChI=1S/C23H22ClN5O2/c1-13-7-14(2)21(26-9-13)16-8-20(25-11-18(16)24)29-6-5-19-17(22(29)30)10-27-23(28-19)31-12-15-3-4-15/h7-11,15H,3-6,12H2,1-2H3. The molecule has 1 aliphatic carbocycles. The van der Waals surface area contributed by atoms with E-state index in [-0.39, 0.29) is 5.91 Å². The molecular formula is C23H22ClN5O2. The zero-order valence-corrected chi connectivity index (χ0v) is 18.2. The quantitative estimate of drug-likeness (QED) is 0.597. The van der Waals surface area contributed by atoms with Crippen LogP contribution in [0.1, 0.15) is 40.0 Å². The zero-order valence-electron chi connectivity index (χ0n) is 17.4. The van der Waals surface area contributed by atoms with Crippen LogP contribution in [-0.2, 0) is 6.42 Å². The number of amides is 1. The highest BCUT2D eigenvalue weighted by Crippen LogP contribution is 2.33. The van der Waals surface area contributed by atoms with Gasteiger partial charge in [-0.2, -0.15) is 4.98 Å². The number of ether oxygens (including phenoxy) is 1. The topological polar surface area (TPSA) is 81.1 Å². The molecule has 0 spiro atoms. The van der Waals surface area contributed by atoms with Crippen LogP contribution in [0.2, 0.25) is 5.02 Å². The Morgan fingerprint density at radius 2 is 1.94 bits per heavy atom. The van der Waals surface area contributed by atoms with Crippen molar-refractivity contribution in [1.29, 1.82) is 0 Å². The number of carbonyl (C=O) groups excluding carboxylic acids is 1. The maximum atomic E-state index is 13.2. The molecule has 1 fully saturated rings.